The van der Waals surface area contributed by atoms with E-state index >= 15 is 0 Å². The van der Waals surface area contributed by atoms with Crippen LogP contribution in [0, 0.1) is 5.92 Å². The van der Waals surface area contributed by atoms with E-state index in [2.05, 4.69) is 6.58 Å². The van der Waals surface area contributed by atoms with Gasteiger partial charge in [0.2, 0.25) is 5.91 Å². The first-order valence-electron chi connectivity index (χ1n) is 4.05. The van der Waals surface area contributed by atoms with Crippen molar-refractivity contribution in [2.75, 3.05) is 14.2 Å². The maximum atomic E-state index is 11.3. The summed E-state index contributed by atoms with van der Waals surface area (Å²) >= 11 is 0. The summed E-state index contributed by atoms with van der Waals surface area (Å²) in [4.78, 5) is 13.0. The Kier molecular flexibility index (Phi) is 2.52. The Morgan fingerprint density at radius 1 is 1.75 bits per heavy atom. The highest BCUT2D eigenvalue weighted by molar-refractivity contribution is 5.87. The summed E-state index contributed by atoms with van der Waals surface area (Å²) in [5.41, 5.74) is 0. The van der Waals surface area contributed by atoms with Crippen molar-refractivity contribution in [1.82, 2.24) is 4.90 Å². The lowest BCUT2D eigenvalue weighted by molar-refractivity contribution is -0.158. The van der Waals surface area contributed by atoms with E-state index in [0.29, 0.717) is 0 Å². The molecule has 0 aromatic heterocycles. The second-order valence-electron chi connectivity index (χ2n) is 3.14. The third kappa shape index (κ3) is 1.14. The van der Waals surface area contributed by atoms with E-state index in [0.717, 1.165) is 0 Å². The Morgan fingerprint density at radius 3 is 2.75 bits per heavy atom. The summed E-state index contributed by atoms with van der Waals surface area (Å²) < 4.78 is 5.11. The van der Waals surface area contributed by atoms with Crippen LogP contribution in [-0.4, -0.2) is 37.1 Å². The molecule has 0 aromatic carbocycles. The van der Waals surface area contributed by atoms with Gasteiger partial charge in [0.25, 0.3) is 0 Å². The van der Waals surface area contributed by atoms with Crippen molar-refractivity contribution in [3.05, 3.63) is 12.7 Å². The fourth-order valence-electron chi connectivity index (χ4n) is 1.62. The minimum Gasteiger partial charge on any atom is -0.381 e. The number of carbonyl (C=O) groups excluding carboxylic acids is 1. The molecule has 0 aliphatic carbocycles. The van der Waals surface area contributed by atoms with Crippen LogP contribution >= 0.6 is 0 Å². The fourth-order valence-corrected chi connectivity index (χ4v) is 1.62. The standard InChI is InChI=1S/C9H15NO2/c1-5-7-8(6(2)12-4)9(11)10(7)3/h5-8H,1H2,2-4H3/t6-,7-,8-/m1/s1. The predicted octanol–water partition coefficient (Wildman–Crippen LogP) is 0.664. The number of amides is 1. The van der Waals surface area contributed by atoms with Crippen LogP contribution in [0.2, 0.25) is 0 Å². The summed E-state index contributed by atoms with van der Waals surface area (Å²) in [5.74, 6) is 0.117. The van der Waals surface area contributed by atoms with E-state index in [1.807, 2.05) is 6.92 Å². The van der Waals surface area contributed by atoms with E-state index < -0.39 is 0 Å². The third-order valence-corrected chi connectivity index (χ3v) is 2.57. The third-order valence-electron chi connectivity index (χ3n) is 2.57. The zero-order valence-corrected chi connectivity index (χ0v) is 7.78. The number of methoxy groups -OCH3 is 1. The van der Waals surface area contributed by atoms with Crippen LogP contribution in [0.25, 0.3) is 0 Å². The number of likely N-dealkylation sites (tertiary alicyclic amines) is 1. The molecular weight excluding hydrogens is 154 g/mol. The van der Waals surface area contributed by atoms with Crippen LogP contribution in [-0.2, 0) is 9.53 Å². The molecule has 1 amide bonds. The number of nitrogens with zero attached hydrogens (tertiary/aromatic N) is 1. The first-order chi connectivity index (χ1) is 5.63. The zero-order chi connectivity index (χ0) is 9.30. The average molecular weight is 169 g/mol. The lowest BCUT2D eigenvalue weighted by Crippen LogP contribution is -2.61. The van der Waals surface area contributed by atoms with Crippen LogP contribution in [0.3, 0.4) is 0 Å². The zero-order valence-electron chi connectivity index (χ0n) is 7.78. The van der Waals surface area contributed by atoms with Gasteiger partial charge >= 0.3 is 0 Å². The summed E-state index contributed by atoms with van der Waals surface area (Å²) in [6.07, 6.45) is 1.78. The average Bonchev–Trinajstić information content (AvgIpc) is 2.11. The lowest BCUT2D eigenvalue weighted by atomic mass is 9.84. The minimum atomic E-state index is -0.0301. The molecule has 1 fully saturated rings. The first-order valence-corrected chi connectivity index (χ1v) is 4.05. The van der Waals surface area contributed by atoms with Crippen LogP contribution in [0.4, 0.5) is 0 Å². The van der Waals surface area contributed by atoms with Gasteiger partial charge in [-0.05, 0) is 6.92 Å². The fraction of sp³-hybridized carbons (Fsp3) is 0.667. The van der Waals surface area contributed by atoms with Gasteiger partial charge in [0.05, 0.1) is 18.1 Å². The summed E-state index contributed by atoms with van der Waals surface area (Å²) in [7, 11) is 3.41. The molecule has 12 heavy (non-hydrogen) atoms. The molecule has 1 aliphatic heterocycles. The summed E-state index contributed by atoms with van der Waals surface area (Å²) in [6.45, 7) is 5.59. The Labute approximate surface area is 73.0 Å². The second kappa shape index (κ2) is 3.27. The number of hydrogen-bond donors (Lipinski definition) is 0. The smallest absolute Gasteiger partial charge is 0.230 e. The van der Waals surface area contributed by atoms with E-state index in [1.165, 1.54) is 0 Å². The molecule has 1 heterocycles. The van der Waals surface area contributed by atoms with Crippen LogP contribution < -0.4 is 0 Å². The van der Waals surface area contributed by atoms with E-state index in [4.69, 9.17) is 4.74 Å². The van der Waals surface area contributed by atoms with Crippen molar-refractivity contribution < 1.29 is 9.53 Å². The SMILES string of the molecule is C=C[C@@H]1[C@@H]([C@@H](C)OC)C(=O)N1C. The molecule has 0 radical (unpaired) electrons. The van der Waals surface area contributed by atoms with Gasteiger partial charge < -0.3 is 9.64 Å². The topological polar surface area (TPSA) is 29.5 Å². The van der Waals surface area contributed by atoms with Crippen molar-refractivity contribution >= 4 is 5.91 Å². The normalized spacial score (nSPS) is 31.2. The van der Waals surface area contributed by atoms with Gasteiger partial charge in [0, 0.05) is 14.2 Å². The molecule has 1 saturated heterocycles. The number of rotatable bonds is 3. The van der Waals surface area contributed by atoms with Crippen molar-refractivity contribution in [1.29, 1.82) is 0 Å². The molecule has 1 aliphatic rings. The van der Waals surface area contributed by atoms with Crippen LogP contribution in [0.1, 0.15) is 6.92 Å². The van der Waals surface area contributed by atoms with Crippen molar-refractivity contribution in [3.63, 3.8) is 0 Å². The highest BCUT2D eigenvalue weighted by Crippen LogP contribution is 2.29. The number of ether oxygens (including phenoxy) is 1. The van der Waals surface area contributed by atoms with Gasteiger partial charge in [-0.3, -0.25) is 4.79 Å². The van der Waals surface area contributed by atoms with Crippen LogP contribution in [0.15, 0.2) is 12.7 Å². The predicted molar refractivity (Wildman–Crippen MR) is 46.7 cm³/mol. The Bertz CT molecular complexity index is 203. The van der Waals surface area contributed by atoms with Crippen molar-refractivity contribution in [3.8, 4) is 0 Å². The number of likely N-dealkylation sites (N-methyl/N-ethyl adjacent to an activating group) is 1. The van der Waals surface area contributed by atoms with Crippen molar-refractivity contribution in [2.45, 2.75) is 19.1 Å². The second-order valence-corrected chi connectivity index (χ2v) is 3.14. The Morgan fingerprint density at radius 2 is 2.33 bits per heavy atom. The highest BCUT2D eigenvalue weighted by Gasteiger charge is 2.46. The van der Waals surface area contributed by atoms with Gasteiger partial charge in [0.15, 0.2) is 0 Å². The Hall–Kier alpha value is -0.830. The van der Waals surface area contributed by atoms with E-state index in [-0.39, 0.29) is 24.0 Å². The van der Waals surface area contributed by atoms with Gasteiger partial charge in [-0.1, -0.05) is 6.08 Å². The summed E-state index contributed by atoms with van der Waals surface area (Å²) in [6, 6.07) is 0.146. The van der Waals surface area contributed by atoms with E-state index in [1.54, 1.807) is 25.1 Å². The lowest BCUT2D eigenvalue weighted by Gasteiger charge is -2.45. The molecule has 3 heteroatoms. The quantitative estimate of drug-likeness (QED) is 0.459. The molecule has 0 aromatic rings. The number of hydrogen-bond acceptors (Lipinski definition) is 2. The Balaban J connectivity index is 2.65. The van der Waals surface area contributed by atoms with Gasteiger partial charge in [-0.15, -0.1) is 6.58 Å². The molecule has 0 unspecified atom stereocenters. The maximum absolute atomic E-state index is 11.3. The van der Waals surface area contributed by atoms with Gasteiger partial charge in [-0.25, -0.2) is 0 Å². The van der Waals surface area contributed by atoms with Crippen LogP contribution in [0.5, 0.6) is 0 Å². The molecular formula is C9H15NO2. The minimum absolute atomic E-state index is 0.0169. The molecule has 1 rings (SSSR count). The molecule has 3 nitrogen and oxygen atoms in total. The maximum Gasteiger partial charge on any atom is 0.230 e. The molecule has 68 valence electrons. The highest BCUT2D eigenvalue weighted by atomic mass is 16.5. The molecule has 0 N–H and O–H groups in total. The summed E-state index contributed by atoms with van der Waals surface area (Å²) in [5, 5.41) is 0. The first kappa shape index (κ1) is 9.26. The number of β-lactam (4-membered cyclic amide) rings is 1. The monoisotopic (exact) mass is 169 g/mol. The number of carbonyl (C=O) groups is 1. The van der Waals surface area contributed by atoms with Gasteiger partial charge in [-0.2, -0.15) is 0 Å². The molecule has 0 spiro atoms. The largest absolute Gasteiger partial charge is 0.381 e. The van der Waals surface area contributed by atoms with E-state index in [9.17, 15) is 4.79 Å². The van der Waals surface area contributed by atoms with Crippen molar-refractivity contribution in [2.24, 2.45) is 5.92 Å². The molecule has 0 bridgehead atoms. The molecule has 0 saturated carbocycles. The van der Waals surface area contributed by atoms with Gasteiger partial charge in [0.1, 0.15) is 0 Å². The molecule has 3 atom stereocenters.